The van der Waals surface area contributed by atoms with Crippen molar-refractivity contribution < 1.29 is 38.9 Å². The van der Waals surface area contributed by atoms with Gasteiger partial charge in [0.25, 0.3) is 5.09 Å². The van der Waals surface area contributed by atoms with Crippen molar-refractivity contribution in [3.63, 3.8) is 0 Å². The molecule has 1 heterocycles. The van der Waals surface area contributed by atoms with Gasteiger partial charge >= 0.3 is 11.9 Å². The van der Waals surface area contributed by atoms with Crippen molar-refractivity contribution in [2.24, 2.45) is 0 Å². The van der Waals surface area contributed by atoms with Crippen LogP contribution in [0.3, 0.4) is 0 Å². The number of benzene rings is 3. The number of rotatable bonds is 11. The summed E-state index contributed by atoms with van der Waals surface area (Å²) >= 11 is 9.42. The summed E-state index contributed by atoms with van der Waals surface area (Å²) in [5, 5.41) is 23.5. The van der Waals surface area contributed by atoms with Gasteiger partial charge in [0.05, 0.1) is 17.4 Å². The van der Waals surface area contributed by atoms with Gasteiger partial charge in [-0.2, -0.15) is 0 Å². The van der Waals surface area contributed by atoms with Crippen LogP contribution in [0, 0.1) is 10.1 Å². The fourth-order valence-electron chi connectivity index (χ4n) is 3.43. The Kier molecular flexibility index (Phi) is 10.3. The number of nitrogens with zero attached hydrogens (tertiary/aromatic N) is 1. The molecule has 3 aromatic carbocycles. The van der Waals surface area contributed by atoms with Crippen molar-refractivity contribution in [3.8, 4) is 17.2 Å². The van der Waals surface area contributed by atoms with E-state index in [4.69, 9.17) is 21.3 Å². The van der Waals surface area contributed by atoms with Crippen LogP contribution in [0.15, 0.2) is 66.7 Å². The van der Waals surface area contributed by atoms with Crippen molar-refractivity contribution in [2.75, 3.05) is 11.9 Å². The van der Waals surface area contributed by atoms with Gasteiger partial charge in [-0.05, 0) is 78.5 Å². The summed E-state index contributed by atoms with van der Waals surface area (Å²) in [5.74, 6) is -1.45. The Labute approximate surface area is 248 Å². The van der Waals surface area contributed by atoms with Crippen LogP contribution in [0.25, 0.3) is 0 Å². The molecular formula is C25H22N2O9P2S3. The SMILES string of the molecule is CC(=O)Oc1ccc(NC(=O)CCCO[N+](=O)[O-])cc1C(=O)Oc1ccc(P2SP(=S)(c3ccc(O)cc3)S2)cc1. The third-order valence-corrected chi connectivity index (χ3v) is 30.3. The zero-order valence-electron chi connectivity index (χ0n) is 21.3. The molecule has 1 amide bonds. The Bertz CT molecular complexity index is 1510. The van der Waals surface area contributed by atoms with E-state index < -0.39 is 33.7 Å². The molecule has 16 heteroatoms. The number of ether oxygens (including phenoxy) is 2. The van der Waals surface area contributed by atoms with Gasteiger partial charge in [0.2, 0.25) is 5.91 Å². The summed E-state index contributed by atoms with van der Waals surface area (Å²) in [7, 11) is 0. The molecule has 1 aliphatic heterocycles. The lowest BCUT2D eigenvalue weighted by molar-refractivity contribution is -0.757. The molecule has 1 saturated heterocycles. The summed E-state index contributed by atoms with van der Waals surface area (Å²) in [6.07, 6.45) is -0.517. The average molecular weight is 653 g/mol. The third-order valence-electron chi connectivity index (χ3n) is 5.27. The number of carbonyl (C=O) groups excluding carboxylic acids is 3. The number of aromatic hydroxyl groups is 1. The van der Waals surface area contributed by atoms with Crippen molar-refractivity contribution in [2.45, 2.75) is 19.8 Å². The third kappa shape index (κ3) is 8.43. The number of phenols is 1. The lowest BCUT2D eigenvalue weighted by atomic mass is 10.1. The molecular weight excluding hydrogens is 630 g/mol. The fourth-order valence-corrected chi connectivity index (χ4v) is 29.4. The monoisotopic (exact) mass is 652 g/mol. The molecule has 4 rings (SSSR count). The van der Waals surface area contributed by atoms with Gasteiger partial charge < -0.3 is 24.7 Å². The van der Waals surface area contributed by atoms with Crippen LogP contribution in [0.5, 0.6) is 17.2 Å². The second-order valence-corrected chi connectivity index (χ2v) is 25.0. The molecule has 3 aromatic rings. The topological polar surface area (TPSA) is 154 Å². The molecule has 1 fully saturated rings. The van der Waals surface area contributed by atoms with Gasteiger partial charge in [-0.1, -0.05) is 33.8 Å². The van der Waals surface area contributed by atoms with Gasteiger partial charge in [0.15, 0.2) is 0 Å². The summed E-state index contributed by atoms with van der Waals surface area (Å²) in [5.41, 5.74) is 0.164. The first-order chi connectivity index (χ1) is 19.5. The lowest BCUT2D eigenvalue weighted by Gasteiger charge is -2.37. The molecule has 214 valence electrons. The lowest BCUT2D eigenvalue weighted by Crippen LogP contribution is -2.16. The van der Waals surface area contributed by atoms with Crippen LogP contribution in [0.1, 0.15) is 30.1 Å². The standard InChI is InChI=1S/C25H22N2O9P2S3/c1-16(28)35-23-13-4-17(26-24(30)3-2-14-34-27(32)33)15-22(23)25(31)36-19-7-9-20(10-8-19)37-40-38(39,41-37)21-11-5-18(29)6-12-21/h4-13,15,29H,2-3,14H2,1H3,(H,26,30). The summed E-state index contributed by atoms with van der Waals surface area (Å²) in [4.78, 5) is 51.2. The first kappa shape index (κ1) is 30.8. The molecule has 0 atom stereocenters. The molecule has 0 aromatic heterocycles. The number of hydrogen-bond donors (Lipinski definition) is 2. The predicted molar refractivity (Wildman–Crippen MR) is 164 cm³/mol. The molecule has 1 aliphatic rings. The zero-order valence-corrected chi connectivity index (χ0v) is 25.5. The number of esters is 2. The Morgan fingerprint density at radius 1 is 1.05 bits per heavy atom. The molecule has 0 radical (unpaired) electrons. The summed E-state index contributed by atoms with van der Waals surface area (Å²) in [6, 6.07) is 18.2. The predicted octanol–water partition coefficient (Wildman–Crippen LogP) is 5.52. The van der Waals surface area contributed by atoms with Crippen LogP contribution in [0.4, 0.5) is 5.69 Å². The van der Waals surface area contributed by atoms with Crippen LogP contribution in [0.2, 0.25) is 0 Å². The van der Waals surface area contributed by atoms with Crippen molar-refractivity contribution >= 4 is 78.7 Å². The minimum absolute atomic E-state index is 0.0396. The minimum Gasteiger partial charge on any atom is -0.508 e. The van der Waals surface area contributed by atoms with E-state index in [1.54, 1.807) is 46.3 Å². The first-order valence-electron chi connectivity index (χ1n) is 11.8. The Balaban J connectivity index is 1.39. The molecule has 0 aliphatic carbocycles. The van der Waals surface area contributed by atoms with Gasteiger partial charge in [-0.3, -0.25) is 9.59 Å². The van der Waals surface area contributed by atoms with E-state index in [2.05, 4.69) is 10.2 Å². The highest BCUT2D eigenvalue weighted by Gasteiger charge is 2.40. The number of phenolic OH excluding ortho intramolecular Hbond substituents is 1. The van der Waals surface area contributed by atoms with Crippen molar-refractivity contribution in [1.82, 2.24) is 0 Å². The maximum atomic E-state index is 13.0. The smallest absolute Gasteiger partial charge is 0.347 e. The fraction of sp³-hybridized carbons (Fsp3) is 0.160. The van der Waals surface area contributed by atoms with Gasteiger partial charge in [-0.25, -0.2) is 4.79 Å². The van der Waals surface area contributed by atoms with Gasteiger partial charge in [0, 0.05) is 24.3 Å². The molecule has 2 N–H and O–H groups in total. The van der Waals surface area contributed by atoms with E-state index in [1.807, 2.05) is 24.3 Å². The van der Waals surface area contributed by atoms with E-state index in [1.165, 1.54) is 25.1 Å². The van der Waals surface area contributed by atoms with Gasteiger partial charge in [0.1, 0.15) is 22.8 Å². The number of hydrogen-bond acceptors (Lipinski definition) is 12. The number of anilines is 1. The van der Waals surface area contributed by atoms with Crippen LogP contribution < -0.4 is 25.4 Å². The van der Waals surface area contributed by atoms with Crippen LogP contribution in [-0.2, 0) is 26.2 Å². The molecule has 11 nitrogen and oxygen atoms in total. The van der Waals surface area contributed by atoms with E-state index in [-0.39, 0.29) is 47.9 Å². The molecule has 0 saturated carbocycles. The minimum atomic E-state index is -1.81. The van der Waals surface area contributed by atoms with Crippen LogP contribution >= 0.6 is 32.8 Å². The highest BCUT2D eigenvalue weighted by Crippen LogP contribution is 2.99. The van der Waals surface area contributed by atoms with E-state index in [9.17, 15) is 29.6 Å². The number of amides is 1. The number of nitrogens with one attached hydrogen (secondary N) is 1. The van der Waals surface area contributed by atoms with E-state index in [0.29, 0.717) is 0 Å². The zero-order chi connectivity index (χ0) is 29.6. The Morgan fingerprint density at radius 3 is 2.37 bits per heavy atom. The van der Waals surface area contributed by atoms with Gasteiger partial charge in [-0.15, -0.1) is 10.1 Å². The quantitative estimate of drug-likeness (QED) is 0.0670. The normalized spacial score (nSPS) is 17.5. The maximum Gasteiger partial charge on any atom is 0.347 e. The Morgan fingerprint density at radius 2 is 1.73 bits per heavy atom. The average Bonchev–Trinajstić information content (AvgIpc) is 2.90. The van der Waals surface area contributed by atoms with E-state index in [0.717, 1.165) is 10.6 Å². The largest absolute Gasteiger partial charge is 0.508 e. The summed E-state index contributed by atoms with van der Waals surface area (Å²) in [6.45, 7) is 0.964. The molecule has 0 bridgehead atoms. The molecule has 41 heavy (non-hydrogen) atoms. The molecule has 0 unspecified atom stereocenters. The van der Waals surface area contributed by atoms with E-state index >= 15 is 0 Å². The van der Waals surface area contributed by atoms with Crippen molar-refractivity contribution in [3.05, 3.63) is 82.4 Å². The maximum absolute atomic E-state index is 13.0. The second kappa shape index (κ2) is 13.7. The van der Waals surface area contributed by atoms with Crippen molar-refractivity contribution in [1.29, 1.82) is 0 Å². The highest BCUT2D eigenvalue weighted by molar-refractivity contribution is 9.43. The first-order valence-corrected chi connectivity index (χ1v) is 20.0. The molecule has 0 spiro atoms. The van der Waals surface area contributed by atoms with Crippen LogP contribution in [-0.4, -0.2) is 34.6 Å². The highest BCUT2D eigenvalue weighted by atomic mass is 33.7. The summed E-state index contributed by atoms with van der Waals surface area (Å²) < 4.78 is 8.86. The second-order valence-electron chi connectivity index (χ2n) is 8.33. The number of carbonyl (C=O) groups is 3. The Hall–Kier alpha value is -3.15.